The molecular formula is C22H22Cl2FN3O3. The topological polar surface area (TPSA) is 69.7 Å². The second-order valence-corrected chi connectivity index (χ2v) is 8.28. The highest BCUT2D eigenvalue weighted by atomic mass is 35.5. The Balaban J connectivity index is 1.56. The summed E-state index contributed by atoms with van der Waals surface area (Å²) in [6, 6.07) is 10.1. The molecule has 6 nitrogen and oxygen atoms in total. The standard InChI is InChI=1S/C22H22Cl2FN3O3/c1-27(13-20(29)26-17-8-9-18(23)19(24)11-17)21(30)15-3-2-10-28(12-15)22(31)14-4-6-16(25)7-5-14/h4-9,11,15H,2-3,10,12-13H2,1H3,(H,26,29). The molecule has 0 aliphatic carbocycles. The molecule has 1 saturated heterocycles. The van der Waals surface area contributed by atoms with Crippen LogP contribution >= 0.6 is 23.2 Å². The van der Waals surface area contributed by atoms with Crippen LogP contribution in [0.25, 0.3) is 0 Å². The number of amides is 3. The number of nitrogens with one attached hydrogen (secondary N) is 1. The van der Waals surface area contributed by atoms with Gasteiger partial charge in [-0.2, -0.15) is 0 Å². The van der Waals surface area contributed by atoms with Crippen molar-refractivity contribution in [1.29, 1.82) is 0 Å². The first-order valence-electron chi connectivity index (χ1n) is 9.79. The van der Waals surface area contributed by atoms with Gasteiger partial charge in [0.1, 0.15) is 5.82 Å². The third-order valence-electron chi connectivity index (χ3n) is 5.11. The van der Waals surface area contributed by atoms with E-state index in [0.29, 0.717) is 40.7 Å². The maximum atomic E-state index is 13.1. The summed E-state index contributed by atoms with van der Waals surface area (Å²) in [5.41, 5.74) is 0.859. The number of likely N-dealkylation sites (N-methyl/N-ethyl adjacent to an activating group) is 1. The summed E-state index contributed by atoms with van der Waals surface area (Å²) in [6.45, 7) is 0.650. The molecule has 0 radical (unpaired) electrons. The largest absolute Gasteiger partial charge is 0.338 e. The fraction of sp³-hybridized carbons (Fsp3) is 0.318. The summed E-state index contributed by atoms with van der Waals surface area (Å²) in [7, 11) is 1.55. The van der Waals surface area contributed by atoms with Gasteiger partial charge in [-0.15, -0.1) is 0 Å². The SMILES string of the molecule is CN(CC(=O)Nc1ccc(Cl)c(Cl)c1)C(=O)C1CCCN(C(=O)c2ccc(F)cc2)C1. The van der Waals surface area contributed by atoms with Crippen molar-refractivity contribution < 1.29 is 18.8 Å². The zero-order chi connectivity index (χ0) is 22.5. The Bertz CT molecular complexity index is 984. The van der Waals surface area contributed by atoms with E-state index in [4.69, 9.17) is 23.2 Å². The van der Waals surface area contributed by atoms with E-state index in [-0.39, 0.29) is 30.8 Å². The molecule has 1 aliphatic heterocycles. The minimum Gasteiger partial charge on any atom is -0.338 e. The number of anilines is 1. The molecule has 0 saturated carbocycles. The number of likely N-dealkylation sites (tertiary alicyclic amines) is 1. The average Bonchev–Trinajstić information content (AvgIpc) is 2.75. The van der Waals surface area contributed by atoms with Crippen LogP contribution in [-0.4, -0.2) is 54.2 Å². The van der Waals surface area contributed by atoms with Gasteiger partial charge in [-0.05, 0) is 55.3 Å². The van der Waals surface area contributed by atoms with Crippen molar-refractivity contribution in [1.82, 2.24) is 9.80 Å². The molecule has 164 valence electrons. The first-order valence-corrected chi connectivity index (χ1v) is 10.5. The van der Waals surface area contributed by atoms with Gasteiger partial charge in [0.2, 0.25) is 11.8 Å². The predicted octanol–water partition coefficient (Wildman–Crippen LogP) is 4.08. The number of piperidine rings is 1. The van der Waals surface area contributed by atoms with Crippen molar-refractivity contribution >= 4 is 46.6 Å². The molecule has 0 aromatic heterocycles. The molecule has 0 bridgehead atoms. The van der Waals surface area contributed by atoms with Gasteiger partial charge in [0.05, 0.1) is 22.5 Å². The Morgan fingerprint density at radius 1 is 1.13 bits per heavy atom. The molecule has 3 amide bonds. The maximum Gasteiger partial charge on any atom is 0.253 e. The molecular weight excluding hydrogens is 444 g/mol. The number of hydrogen-bond donors (Lipinski definition) is 1. The molecule has 0 spiro atoms. The Morgan fingerprint density at radius 2 is 1.84 bits per heavy atom. The van der Waals surface area contributed by atoms with Gasteiger partial charge in [0, 0.05) is 31.4 Å². The van der Waals surface area contributed by atoms with Crippen LogP contribution in [-0.2, 0) is 9.59 Å². The summed E-state index contributed by atoms with van der Waals surface area (Å²) >= 11 is 11.8. The second-order valence-electron chi connectivity index (χ2n) is 7.47. The number of benzene rings is 2. The zero-order valence-corrected chi connectivity index (χ0v) is 18.4. The number of rotatable bonds is 5. The highest BCUT2D eigenvalue weighted by Gasteiger charge is 2.31. The lowest BCUT2D eigenvalue weighted by atomic mass is 9.96. The Labute approximate surface area is 189 Å². The van der Waals surface area contributed by atoms with Crippen molar-refractivity contribution in [2.75, 3.05) is 32.0 Å². The fourth-order valence-electron chi connectivity index (χ4n) is 3.52. The van der Waals surface area contributed by atoms with Crippen LogP contribution < -0.4 is 5.32 Å². The lowest BCUT2D eigenvalue weighted by Crippen LogP contribution is -2.47. The van der Waals surface area contributed by atoms with E-state index < -0.39 is 11.7 Å². The molecule has 2 aromatic rings. The van der Waals surface area contributed by atoms with E-state index in [0.717, 1.165) is 0 Å². The predicted molar refractivity (Wildman–Crippen MR) is 118 cm³/mol. The molecule has 2 aromatic carbocycles. The minimum absolute atomic E-state index is 0.137. The lowest BCUT2D eigenvalue weighted by Gasteiger charge is -2.34. The zero-order valence-electron chi connectivity index (χ0n) is 16.9. The van der Waals surface area contributed by atoms with Crippen molar-refractivity contribution in [3.63, 3.8) is 0 Å². The Morgan fingerprint density at radius 3 is 2.52 bits per heavy atom. The summed E-state index contributed by atoms with van der Waals surface area (Å²) < 4.78 is 13.1. The van der Waals surface area contributed by atoms with Gasteiger partial charge >= 0.3 is 0 Å². The van der Waals surface area contributed by atoms with Crippen LogP contribution in [0.4, 0.5) is 10.1 Å². The number of carbonyl (C=O) groups is 3. The smallest absolute Gasteiger partial charge is 0.253 e. The number of carbonyl (C=O) groups excluding carboxylic acids is 3. The molecule has 1 unspecified atom stereocenters. The first-order chi connectivity index (χ1) is 14.7. The second kappa shape index (κ2) is 10.1. The van der Waals surface area contributed by atoms with Crippen molar-refractivity contribution in [3.8, 4) is 0 Å². The molecule has 31 heavy (non-hydrogen) atoms. The Kier molecular flexibility index (Phi) is 7.51. The number of nitrogens with zero attached hydrogens (tertiary/aromatic N) is 2. The average molecular weight is 466 g/mol. The van der Waals surface area contributed by atoms with E-state index in [1.54, 1.807) is 24.1 Å². The van der Waals surface area contributed by atoms with E-state index in [1.165, 1.54) is 35.2 Å². The van der Waals surface area contributed by atoms with Crippen LogP contribution in [0.3, 0.4) is 0 Å². The summed E-state index contributed by atoms with van der Waals surface area (Å²) in [5, 5.41) is 3.38. The lowest BCUT2D eigenvalue weighted by molar-refractivity contribution is -0.138. The van der Waals surface area contributed by atoms with E-state index in [9.17, 15) is 18.8 Å². The third-order valence-corrected chi connectivity index (χ3v) is 5.85. The molecule has 9 heteroatoms. The maximum absolute atomic E-state index is 13.1. The number of hydrogen-bond acceptors (Lipinski definition) is 3. The molecule has 3 rings (SSSR count). The van der Waals surface area contributed by atoms with Gasteiger partial charge in [0.15, 0.2) is 0 Å². The summed E-state index contributed by atoms with van der Waals surface area (Å²) in [6.07, 6.45) is 1.30. The Hall–Kier alpha value is -2.64. The van der Waals surface area contributed by atoms with Crippen LogP contribution in [0.15, 0.2) is 42.5 Å². The quantitative estimate of drug-likeness (QED) is 0.722. The normalized spacial score (nSPS) is 16.0. The van der Waals surface area contributed by atoms with E-state index >= 15 is 0 Å². The van der Waals surface area contributed by atoms with Gasteiger partial charge in [-0.3, -0.25) is 14.4 Å². The van der Waals surface area contributed by atoms with Gasteiger partial charge in [-0.1, -0.05) is 23.2 Å². The van der Waals surface area contributed by atoms with E-state index in [1.807, 2.05) is 0 Å². The van der Waals surface area contributed by atoms with E-state index in [2.05, 4.69) is 5.32 Å². The summed E-state index contributed by atoms with van der Waals surface area (Å²) in [4.78, 5) is 40.8. The highest BCUT2D eigenvalue weighted by Crippen LogP contribution is 2.25. The van der Waals surface area contributed by atoms with Crippen LogP contribution in [0, 0.1) is 11.7 Å². The molecule has 1 N–H and O–H groups in total. The van der Waals surface area contributed by atoms with Crippen LogP contribution in [0.2, 0.25) is 10.0 Å². The van der Waals surface area contributed by atoms with Crippen LogP contribution in [0.5, 0.6) is 0 Å². The molecule has 1 atom stereocenters. The molecule has 1 fully saturated rings. The molecule has 1 aliphatic rings. The van der Waals surface area contributed by atoms with Crippen LogP contribution in [0.1, 0.15) is 23.2 Å². The third kappa shape index (κ3) is 5.95. The van der Waals surface area contributed by atoms with Gasteiger partial charge < -0.3 is 15.1 Å². The van der Waals surface area contributed by atoms with Crippen molar-refractivity contribution in [2.45, 2.75) is 12.8 Å². The summed E-state index contributed by atoms with van der Waals surface area (Å²) in [5.74, 6) is -1.63. The monoisotopic (exact) mass is 465 g/mol. The minimum atomic E-state index is -0.413. The number of halogens is 3. The van der Waals surface area contributed by atoms with Crippen molar-refractivity contribution in [3.05, 3.63) is 63.9 Å². The molecule has 1 heterocycles. The van der Waals surface area contributed by atoms with Crippen molar-refractivity contribution in [2.24, 2.45) is 5.92 Å². The first kappa shape index (κ1) is 23.0. The van der Waals surface area contributed by atoms with Gasteiger partial charge in [-0.25, -0.2) is 4.39 Å². The highest BCUT2D eigenvalue weighted by molar-refractivity contribution is 6.42. The fourth-order valence-corrected chi connectivity index (χ4v) is 3.82. The van der Waals surface area contributed by atoms with Gasteiger partial charge in [0.25, 0.3) is 5.91 Å².